The predicted octanol–water partition coefficient (Wildman–Crippen LogP) is 1.61. The molecular weight excluding hydrogens is 186 g/mol. The van der Waals surface area contributed by atoms with Crippen LogP contribution in [0.15, 0.2) is 0 Å². The van der Waals surface area contributed by atoms with E-state index in [-0.39, 0.29) is 6.04 Å². The molecule has 0 aromatic heterocycles. The van der Waals surface area contributed by atoms with Crippen LogP contribution in [0, 0.1) is 17.2 Å². The zero-order chi connectivity index (χ0) is 11.1. The Morgan fingerprint density at radius 2 is 2.00 bits per heavy atom. The lowest BCUT2D eigenvalue weighted by Crippen LogP contribution is -2.41. The van der Waals surface area contributed by atoms with Gasteiger partial charge >= 0.3 is 0 Å². The molecule has 1 saturated heterocycles. The number of nitrogens with zero attached hydrogens (tertiary/aromatic N) is 2. The Morgan fingerprint density at radius 3 is 2.60 bits per heavy atom. The van der Waals surface area contributed by atoms with Gasteiger partial charge in [-0.1, -0.05) is 26.7 Å². The fourth-order valence-electron chi connectivity index (χ4n) is 2.37. The van der Waals surface area contributed by atoms with Gasteiger partial charge in [-0.25, -0.2) is 0 Å². The van der Waals surface area contributed by atoms with Crippen LogP contribution in [-0.4, -0.2) is 37.1 Å². The maximum absolute atomic E-state index is 9.29. The van der Waals surface area contributed by atoms with E-state index < -0.39 is 0 Å². The zero-order valence-electron chi connectivity index (χ0n) is 10.00. The van der Waals surface area contributed by atoms with Gasteiger partial charge < -0.3 is 5.32 Å². The molecule has 1 heterocycles. The standard InChI is InChI=1S/C12H23N3/c1-3-11(4-2)12(10-13)15-8-5-6-14-7-9-15/h11-12,14H,3-9H2,1-2H3. The predicted molar refractivity (Wildman–Crippen MR) is 62.5 cm³/mol. The van der Waals surface area contributed by atoms with Crippen LogP contribution in [0.3, 0.4) is 0 Å². The molecule has 0 spiro atoms. The molecule has 3 heteroatoms. The van der Waals surface area contributed by atoms with Crippen LogP contribution in [0.4, 0.5) is 0 Å². The number of nitrogens with one attached hydrogen (secondary N) is 1. The largest absolute Gasteiger partial charge is 0.315 e. The lowest BCUT2D eigenvalue weighted by molar-refractivity contribution is 0.184. The molecule has 0 saturated carbocycles. The second kappa shape index (κ2) is 6.81. The Labute approximate surface area is 93.5 Å². The molecule has 1 rings (SSSR count). The van der Waals surface area contributed by atoms with Crippen LogP contribution < -0.4 is 5.32 Å². The van der Waals surface area contributed by atoms with Gasteiger partial charge in [-0.05, 0) is 18.9 Å². The molecule has 1 unspecified atom stereocenters. The van der Waals surface area contributed by atoms with Gasteiger partial charge in [0.15, 0.2) is 0 Å². The average Bonchev–Trinajstić information content (AvgIpc) is 2.54. The molecule has 1 fully saturated rings. The summed E-state index contributed by atoms with van der Waals surface area (Å²) in [7, 11) is 0. The summed E-state index contributed by atoms with van der Waals surface area (Å²) < 4.78 is 0. The van der Waals surface area contributed by atoms with Gasteiger partial charge in [0, 0.05) is 19.6 Å². The van der Waals surface area contributed by atoms with Crippen molar-refractivity contribution in [2.45, 2.75) is 39.2 Å². The highest BCUT2D eigenvalue weighted by atomic mass is 15.2. The number of nitriles is 1. The monoisotopic (exact) mass is 209 g/mol. The maximum Gasteiger partial charge on any atom is 0.101 e. The zero-order valence-corrected chi connectivity index (χ0v) is 10.00. The Morgan fingerprint density at radius 1 is 1.27 bits per heavy atom. The van der Waals surface area contributed by atoms with E-state index in [0.717, 1.165) is 39.0 Å². The Kier molecular flexibility index (Phi) is 5.67. The summed E-state index contributed by atoms with van der Waals surface area (Å²) in [4.78, 5) is 2.36. The third-order valence-electron chi connectivity index (χ3n) is 3.40. The topological polar surface area (TPSA) is 39.1 Å². The lowest BCUT2D eigenvalue weighted by Gasteiger charge is -2.30. The maximum atomic E-state index is 9.29. The van der Waals surface area contributed by atoms with Gasteiger partial charge in [-0.15, -0.1) is 0 Å². The van der Waals surface area contributed by atoms with E-state index in [1.165, 1.54) is 6.42 Å². The Bertz CT molecular complexity index is 197. The highest BCUT2D eigenvalue weighted by Gasteiger charge is 2.25. The second-order valence-electron chi connectivity index (χ2n) is 4.29. The van der Waals surface area contributed by atoms with Crippen LogP contribution >= 0.6 is 0 Å². The lowest BCUT2D eigenvalue weighted by atomic mass is 9.93. The van der Waals surface area contributed by atoms with E-state index in [4.69, 9.17) is 0 Å². The van der Waals surface area contributed by atoms with Crippen molar-refractivity contribution in [2.24, 2.45) is 5.92 Å². The molecule has 1 aliphatic heterocycles. The van der Waals surface area contributed by atoms with Crippen molar-refractivity contribution in [1.29, 1.82) is 5.26 Å². The molecular formula is C12H23N3. The quantitative estimate of drug-likeness (QED) is 0.764. The number of hydrogen-bond donors (Lipinski definition) is 1. The van der Waals surface area contributed by atoms with E-state index >= 15 is 0 Å². The van der Waals surface area contributed by atoms with Crippen molar-refractivity contribution >= 4 is 0 Å². The average molecular weight is 209 g/mol. The minimum Gasteiger partial charge on any atom is -0.315 e. The Hall–Kier alpha value is -0.590. The summed E-state index contributed by atoms with van der Waals surface area (Å²) >= 11 is 0. The normalized spacial score (nSPS) is 20.9. The van der Waals surface area contributed by atoms with Gasteiger partial charge in [-0.3, -0.25) is 4.90 Å². The number of rotatable bonds is 4. The summed E-state index contributed by atoms with van der Waals surface area (Å²) in [6.45, 7) is 8.59. The van der Waals surface area contributed by atoms with Crippen molar-refractivity contribution in [2.75, 3.05) is 26.2 Å². The fourth-order valence-corrected chi connectivity index (χ4v) is 2.37. The Balaban J connectivity index is 2.59. The first-order valence-electron chi connectivity index (χ1n) is 6.17. The number of hydrogen-bond acceptors (Lipinski definition) is 3. The van der Waals surface area contributed by atoms with Crippen molar-refractivity contribution in [1.82, 2.24) is 10.2 Å². The van der Waals surface area contributed by atoms with Crippen LogP contribution in [-0.2, 0) is 0 Å². The van der Waals surface area contributed by atoms with E-state index in [1.807, 2.05) is 0 Å². The van der Waals surface area contributed by atoms with Gasteiger partial charge in [0.05, 0.1) is 6.07 Å². The minimum atomic E-state index is 0.125. The first-order valence-corrected chi connectivity index (χ1v) is 6.17. The third-order valence-corrected chi connectivity index (χ3v) is 3.40. The van der Waals surface area contributed by atoms with E-state index in [1.54, 1.807) is 0 Å². The van der Waals surface area contributed by atoms with Gasteiger partial charge in [0.1, 0.15) is 6.04 Å². The second-order valence-corrected chi connectivity index (χ2v) is 4.29. The van der Waals surface area contributed by atoms with Crippen LogP contribution in [0.1, 0.15) is 33.1 Å². The summed E-state index contributed by atoms with van der Waals surface area (Å²) in [6.07, 6.45) is 3.38. The molecule has 86 valence electrons. The summed E-state index contributed by atoms with van der Waals surface area (Å²) in [6, 6.07) is 2.62. The van der Waals surface area contributed by atoms with Crippen LogP contribution in [0.25, 0.3) is 0 Å². The molecule has 1 aliphatic rings. The van der Waals surface area contributed by atoms with Crippen molar-refractivity contribution in [3.63, 3.8) is 0 Å². The SMILES string of the molecule is CCC(CC)C(C#N)N1CCCNCC1. The smallest absolute Gasteiger partial charge is 0.101 e. The van der Waals surface area contributed by atoms with Crippen molar-refractivity contribution in [3.05, 3.63) is 0 Å². The van der Waals surface area contributed by atoms with E-state index in [0.29, 0.717) is 5.92 Å². The summed E-state index contributed by atoms with van der Waals surface area (Å²) in [5, 5.41) is 12.7. The van der Waals surface area contributed by atoms with Crippen LogP contribution in [0.5, 0.6) is 0 Å². The fraction of sp³-hybridized carbons (Fsp3) is 0.917. The van der Waals surface area contributed by atoms with Gasteiger partial charge in [0.25, 0.3) is 0 Å². The first kappa shape index (κ1) is 12.5. The van der Waals surface area contributed by atoms with Gasteiger partial charge in [0.2, 0.25) is 0 Å². The molecule has 0 radical (unpaired) electrons. The van der Waals surface area contributed by atoms with E-state index in [9.17, 15) is 5.26 Å². The molecule has 0 bridgehead atoms. The molecule has 1 atom stereocenters. The molecule has 15 heavy (non-hydrogen) atoms. The van der Waals surface area contributed by atoms with Crippen LogP contribution in [0.2, 0.25) is 0 Å². The summed E-state index contributed by atoms with van der Waals surface area (Å²) in [5.74, 6) is 0.535. The van der Waals surface area contributed by atoms with E-state index in [2.05, 4.69) is 30.1 Å². The van der Waals surface area contributed by atoms with Gasteiger partial charge in [-0.2, -0.15) is 5.26 Å². The molecule has 0 aromatic rings. The molecule has 0 aliphatic carbocycles. The highest BCUT2D eigenvalue weighted by Crippen LogP contribution is 2.18. The first-order chi connectivity index (χ1) is 7.33. The molecule has 0 amide bonds. The molecule has 0 aromatic carbocycles. The highest BCUT2D eigenvalue weighted by molar-refractivity contribution is 4.96. The molecule has 3 nitrogen and oxygen atoms in total. The molecule has 1 N–H and O–H groups in total. The van der Waals surface area contributed by atoms with Crippen molar-refractivity contribution < 1.29 is 0 Å². The third kappa shape index (κ3) is 3.48. The van der Waals surface area contributed by atoms with Crippen molar-refractivity contribution in [3.8, 4) is 6.07 Å². The minimum absolute atomic E-state index is 0.125. The summed E-state index contributed by atoms with van der Waals surface area (Å²) in [5.41, 5.74) is 0.